The zero-order valence-corrected chi connectivity index (χ0v) is 9.04. The number of aromatic nitrogens is 2. The first-order valence-electron chi connectivity index (χ1n) is 4.21. The molecule has 15 heavy (non-hydrogen) atoms. The summed E-state index contributed by atoms with van der Waals surface area (Å²) in [7, 11) is 0. The summed E-state index contributed by atoms with van der Waals surface area (Å²) in [5, 5.41) is 7.40. The van der Waals surface area contributed by atoms with Crippen LogP contribution in [-0.4, -0.2) is 22.4 Å². The van der Waals surface area contributed by atoms with Crippen LogP contribution in [0.1, 0.15) is 23.8 Å². The lowest BCUT2D eigenvalue weighted by Gasteiger charge is -1.95. The van der Waals surface area contributed by atoms with E-state index < -0.39 is 5.91 Å². The molecule has 0 saturated carbocycles. The summed E-state index contributed by atoms with van der Waals surface area (Å²) in [5.41, 5.74) is 7.79. The fraction of sp³-hybridized carbons (Fsp3) is 0.429. The van der Waals surface area contributed by atoms with Gasteiger partial charge in [-0.2, -0.15) is 5.11 Å². The molecule has 1 aromatic heterocycles. The number of nitrogens with one attached hydrogen (secondary N) is 2. The number of carbonyl (C=O) groups excluding carboxylic acids is 1. The predicted octanol–water partition coefficient (Wildman–Crippen LogP) is 1.12. The Balaban J connectivity index is 0.00000196. The normalized spacial score (nSPS) is 9.93. The van der Waals surface area contributed by atoms with Gasteiger partial charge in [0.2, 0.25) is 0 Å². The zero-order chi connectivity index (χ0) is 10.4. The first-order chi connectivity index (χ1) is 6.75. The molecular formula is C7H13ClN6O. The molecule has 0 aliphatic carbocycles. The maximum Gasteiger partial charge on any atom is 0.269 e. The van der Waals surface area contributed by atoms with Gasteiger partial charge in [0.25, 0.3) is 5.91 Å². The van der Waals surface area contributed by atoms with E-state index in [9.17, 15) is 4.79 Å². The smallest absolute Gasteiger partial charge is 0.269 e. The molecule has 1 heterocycles. The Kier molecular flexibility index (Phi) is 6.03. The Morgan fingerprint density at radius 3 is 3.07 bits per heavy atom. The van der Waals surface area contributed by atoms with Gasteiger partial charge in [-0.15, -0.1) is 12.4 Å². The molecule has 0 aliphatic heterocycles. The molecule has 0 aliphatic rings. The van der Waals surface area contributed by atoms with Gasteiger partial charge >= 0.3 is 0 Å². The van der Waals surface area contributed by atoms with Crippen LogP contribution in [-0.2, 0) is 0 Å². The largest absolute Gasteiger partial charge is 0.364 e. The number of nitrogens with two attached hydrogens (primary N) is 1. The number of H-pyrrole nitrogens is 1. The lowest BCUT2D eigenvalue weighted by molar-refractivity contribution is 0.0997. The Bertz CT molecular complexity index is 336. The van der Waals surface area contributed by atoms with Crippen molar-refractivity contribution in [3.8, 4) is 0 Å². The number of imidazole rings is 1. The number of primary amides is 1. The quantitative estimate of drug-likeness (QED) is 0.523. The van der Waals surface area contributed by atoms with Crippen molar-refractivity contribution in [2.45, 2.75) is 13.3 Å². The van der Waals surface area contributed by atoms with E-state index in [-0.39, 0.29) is 23.9 Å². The minimum Gasteiger partial charge on any atom is -0.364 e. The highest BCUT2D eigenvalue weighted by Gasteiger charge is 2.09. The summed E-state index contributed by atoms with van der Waals surface area (Å²) in [6, 6.07) is 0. The number of halogens is 1. The molecule has 0 radical (unpaired) electrons. The lowest BCUT2D eigenvalue weighted by Crippen LogP contribution is -2.13. The molecule has 4 N–H and O–H groups in total. The second-order valence-corrected chi connectivity index (χ2v) is 2.57. The van der Waals surface area contributed by atoms with Crippen molar-refractivity contribution in [1.82, 2.24) is 9.97 Å². The second-order valence-electron chi connectivity index (χ2n) is 2.57. The highest BCUT2D eigenvalue weighted by atomic mass is 35.5. The number of aromatic amines is 1. The summed E-state index contributed by atoms with van der Waals surface area (Å²) in [5.74, 6) is -0.298. The molecule has 8 heteroatoms. The molecule has 0 fully saturated rings. The Hall–Kier alpha value is -1.63. The SMILES string of the molecule is CCCN=NNc1nc[nH]c1C(N)=O.Cl. The van der Waals surface area contributed by atoms with Crippen LogP contribution in [0, 0.1) is 0 Å². The first kappa shape index (κ1) is 13.4. The number of carbonyl (C=O) groups is 1. The molecule has 0 bridgehead atoms. The van der Waals surface area contributed by atoms with E-state index in [0.717, 1.165) is 6.42 Å². The number of hydrogen-bond donors (Lipinski definition) is 3. The van der Waals surface area contributed by atoms with Crippen molar-refractivity contribution in [3.05, 3.63) is 12.0 Å². The van der Waals surface area contributed by atoms with E-state index in [4.69, 9.17) is 5.73 Å². The average molecular weight is 233 g/mol. The minimum absolute atomic E-state index is 0. The van der Waals surface area contributed by atoms with Crippen LogP contribution in [0.4, 0.5) is 5.82 Å². The van der Waals surface area contributed by atoms with Crippen molar-refractivity contribution in [2.75, 3.05) is 12.0 Å². The summed E-state index contributed by atoms with van der Waals surface area (Å²) < 4.78 is 0. The fourth-order valence-corrected chi connectivity index (χ4v) is 0.800. The average Bonchev–Trinajstić information content (AvgIpc) is 2.60. The summed E-state index contributed by atoms with van der Waals surface area (Å²) in [4.78, 5) is 17.2. The van der Waals surface area contributed by atoms with Crippen LogP contribution >= 0.6 is 12.4 Å². The zero-order valence-electron chi connectivity index (χ0n) is 8.23. The Labute approximate surface area is 92.9 Å². The van der Waals surface area contributed by atoms with Gasteiger partial charge < -0.3 is 10.7 Å². The van der Waals surface area contributed by atoms with Crippen LogP contribution in [0.15, 0.2) is 16.7 Å². The molecule has 1 aromatic rings. The molecule has 1 rings (SSSR count). The number of nitrogens with zero attached hydrogens (tertiary/aromatic N) is 3. The molecule has 0 spiro atoms. The fourth-order valence-electron chi connectivity index (χ4n) is 0.800. The maximum atomic E-state index is 10.8. The van der Waals surface area contributed by atoms with E-state index in [1.54, 1.807) is 0 Å². The van der Waals surface area contributed by atoms with Crippen molar-refractivity contribution in [3.63, 3.8) is 0 Å². The number of amides is 1. The predicted molar refractivity (Wildman–Crippen MR) is 58.0 cm³/mol. The second kappa shape index (κ2) is 6.77. The lowest BCUT2D eigenvalue weighted by atomic mass is 10.4. The van der Waals surface area contributed by atoms with Crippen molar-refractivity contribution in [2.24, 2.45) is 16.1 Å². The first-order valence-corrected chi connectivity index (χ1v) is 4.21. The number of anilines is 1. The van der Waals surface area contributed by atoms with Crippen LogP contribution in [0.5, 0.6) is 0 Å². The molecule has 0 atom stereocenters. The third-order valence-corrected chi connectivity index (χ3v) is 1.44. The van der Waals surface area contributed by atoms with Crippen LogP contribution in [0.25, 0.3) is 0 Å². The molecule has 1 amide bonds. The van der Waals surface area contributed by atoms with E-state index in [0.29, 0.717) is 6.54 Å². The Morgan fingerprint density at radius 2 is 2.47 bits per heavy atom. The summed E-state index contributed by atoms with van der Waals surface area (Å²) in [6.45, 7) is 2.62. The highest BCUT2D eigenvalue weighted by molar-refractivity contribution is 5.95. The third-order valence-electron chi connectivity index (χ3n) is 1.44. The van der Waals surface area contributed by atoms with Crippen molar-refractivity contribution in [1.29, 1.82) is 0 Å². The van der Waals surface area contributed by atoms with Gasteiger partial charge in [0.05, 0.1) is 12.9 Å². The third kappa shape index (κ3) is 3.94. The molecule has 7 nitrogen and oxygen atoms in total. The molecule has 0 aromatic carbocycles. The van der Waals surface area contributed by atoms with Crippen LogP contribution in [0.3, 0.4) is 0 Å². The monoisotopic (exact) mass is 232 g/mol. The molecule has 0 unspecified atom stereocenters. The van der Waals surface area contributed by atoms with Crippen molar-refractivity contribution < 1.29 is 4.79 Å². The van der Waals surface area contributed by atoms with Crippen LogP contribution in [0.2, 0.25) is 0 Å². The Morgan fingerprint density at radius 1 is 1.73 bits per heavy atom. The molecule has 0 saturated heterocycles. The molecule has 84 valence electrons. The van der Waals surface area contributed by atoms with Gasteiger partial charge in [-0.25, -0.2) is 10.4 Å². The maximum absolute atomic E-state index is 10.8. The van der Waals surface area contributed by atoms with E-state index in [1.807, 2.05) is 6.92 Å². The van der Waals surface area contributed by atoms with Gasteiger partial charge in [0, 0.05) is 0 Å². The van der Waals surface area contributed by atoms with E-state index in [2.05, 4.69) is 25.7 Å². The summed E-state index contributed by atoms with van der Waals surface area (Å²) in [6.07, 6.45) is 2.27. The van der Waals surface area contributed by atoms with Gasteiger partial charge in [0.1, 0.15) is 5.69 Å². The van der Waals surface area contributed by atoms with Crippen molar-refractivity contribution >= 4 is 24.1 Å². The highest BCUT2D eigenvalue weighted by Crippen LogP contribution is 2.07. The topological polar surface area (TPSA) is 109 Å². The van der Waals surface area contributed by atoms with Gasteiger partial charge in [-0.3, -0.25) is 4.79 Å². The minimum atomic E-state index is -0.587. The van der Waals surface area contributed by atoms with E-state index in [1.165, 1.54) is 6.33 Å². The number of rotatable bonds is 5. The van der Waals surface area contributed by atoms with Gasteiger partial charge in [-0.05, 0) is 6.42 Å². The molecular weight excluding hydrogens is 220 g/mol. The van der Waals surface area contributed by atoms with Crippen LogP contribution < -0.4 is 11.2 Å². The number of hydrogen-bond acceptors (Lipinski definition) is 4. The van der Waals surface area contributed by atoms with Gasteiger partial charge in [0.15, 0.2) is 5.82 Å². The summed E-state index contributed by atoms with van der Waals surface area (Å²) >= 11 is 0. The van der Waals surface area contributed by atoms with E-state index >= 15 is 0 Å². The van der Waals surface area contributed by atoms with Gasteiger partial charge in [-0.1, -0.05) is 12.1 Å². The standard InChI is InChI=1S/C7H12N6O.ClH/c1-2-3-11-13-12-7-5(6(8)14)9-4-10-7;/h4H,2-3H2,1H3,(H2,8,14)(H,9,10)(H,11,12);1H.